The maximum absolute atomic E-state index is 12.7. The third kappa shape index (κ3) is 3.16. The van der Waals surface area contributed by atoms with Gasteiger partial charge in [0.05, 0.1) is 19.4 Å². The van der Waals surface area contributed by atoms with Crippen molar-refractivity contribution >= 4 is 11.8 Å². The Kier molecular flexibility index (Phi) is 4.23. The van der Waals surface area contributed by atoms with Crippen molar-refractivity contribution in [1.82, 2.24) is 14.8 Å². The Morgan fingerprint density at radius 1 is 1.39 bits per heavy atom. The Balaban J connectivity index is 1.77. The average molecular weight is 315 g/mol. The second kappa shape index (κ2) is 6.32. The summed E-state index contributed by atoms with van der Waals surface area (Å²) in [6, 6.07) is 6.72. The molecule has 2 amide bonds. The van der Waals surface area contributed by atoms with E-state index in [-0.39, 0.29) is 11.8 Å². The van der Waals surface area contributed by atoms with E-state index in [2.05, 4.69) is 5.32 Å². The fourth-order valence-electron chi connectivity index (χ4n) is 2.87. The molecule has 0 bridgehead atoms. The molecule has 0 aromatic carbocycles. The molecule has 6 nitrogen and oxygen atoms in total. The van der Waals surface area contributed by atoms with Crippen LogP contribution in [0.4, 0.5) is 0 Å². The van der Waals surface area contributed by atoms with Crippen LogP contribution in [-0.2, 0) is 17.9 Å². The van der Waals surface area contributed by atoms with Crippen molar-refractivity contribution < 1.29 is 14.0 Å². The summed E-state index contributed by atoms with van der Waals surface area (Å²) >= 11 is 0. The van der Waals surface area contributed by atoms with Gasteiger partial charge in [0.25, 0.3) is 5.91 Å². The van der Waals surface area contributed by atoms with Crippen LogP contribution in [0.5, 0.6) is 0 Å². The molecule has 122 valence electrons. The molecule has 0 saturated heterocycles. The molecular weight excluding hydrogens is 294 g/mol. The van der Waals surface area contributed by atoms with E-state index in [9.17, 15) is 9.59 Å². The molecule has 0 saturated carbocycles. The van der Waals surface area contributed by atoms with Crippen LogP contribution in [0.2, 0.25) is 0 Å². The summed E-state index contributed by atoms with van der Waals surface area (Å²) in [6.07, 6.45) is 3.41. The summed E-state index contributed by atoms with van der Waals surface area (Å²) in [6.45, 7) is 5.44. The van der Waals surface area contributed by atoms with Crippen molar-refractivity contribution in [2.24, 2.45) is 5.92 Å². The minimum atomic E-state index is -0.500. The molecule has 0 radical (unpaired) electrons. The van der Waals surface area contributed by atoms with Crippen molar-refractivity contribution in [3.63, 3.8) is 0 Å². The zero-order chi connectivity index (χ0) is 16.4. The zero-order valence-corrected chi connectivity index (χ0v) is 13.4. The van der Waals surface area contributed by atoms with Gasteiger partial charge in [0.2, 0.25) is 5.91 Å². The highest BCUT2D eigenvalue weighted by Crippen LogP contribution is 2.20. The number of nitrogens with zero attached hydrogens (tertiary/aromatic N) is 2. The number of fused-ring (bicyclic) bond motifs is 1. The molecule has 1 aliphatic rings. The molecule has 1 unspecified atom stereocenters. The number of carbonyl (C=O) groups is 2. The van der Waals surface area contributed by atoms with E-state index in [0.29, 0.717) is 37.0 Å². The number of amides is 2. The number of rotatable bonds is 5. The molecule has 1 atom stereocenters. The van der Waals surface area contributed by atoms with E-state index in [1.54, 1.807) is 23.3 Å². The maximum atomic E-state index is 12.7. The van der Waals surface area contributed by atoms with Crippen molar-refractivity contribution in [3.05, 3.63) is 48.2 Å². The fourth-order valence-corrected chi connectivity index (χ4v) is 2.87. The van der Waals surface area contributed by atoms with Gasteiger partial charge in [-0.2, -0.15) is 0 Å². The smallest absolute Gasteiger partial charge is 0.271 e. The Labute approximate surface area is 135 Å². The summed E-state index contributed by atoms with van der Waals surface area (Å²) in [4.78, 5) is 26.9. The Hall–Kier alpha value is -2.50. The summed E-state index contributed by atoms with van der Waals surface area (Å²) < 4.78 is 7.07. The van der Waals surface area contributed by atoms with Crippen LogP contribution in [0.25, 0.3) is 0 Å². The van der Waals surface area contributed by atoms with Gasteiger partial charge < -0.3 is 19.2 Å². The maximum Gasteiger partial charge on any atom is 0.271 e. The first-order chi connectivity index (χ1) is 11.1. The largest absolute Gasteiger partial charge is 0.467 e. The van der Waals surface area contributed by atoms with E-state index in [0.717, 1.165) is 0 Å². The first-order valence-corrected chi connectivity index (χ1v) is 7.82. The number of hydrogen-bond acceptors (Lipinski definition) is 3. The highest BCUT2D eigenvalue weighted by atomic mass is 16.3. The fraction of sp³-hybridized carbons (Fsp3) is 0.412. The monoisotopic (exact) mass is 315 g/mol. The molecule has 1 N–H and O–H groups in total. The average Bonchev–Trinajstić information content (AvgIpc) is 3.18. The van der Waals surface area contributed by atoms with Gasteiger partial charge in [-0.1, -0.05) is 13.8 Å². The summed E-state index contributed by atoms with van der Waals surface area (Å²) in [7, 11) is 0. The molecule has 6 heteroatoms. The molecule has 0 fully saturated rings. The molecule has 3 rings (SSSR count). The summed E-state index contributed by atoms with van der Waals surface area (Å²) in [5.41, 5.74) is 0.640. The summed E-state index contributed by atoms with van der Waals surface area (Å²) in [5, 5.41) is 2.86. The molecule has 0 spiro atoms. The number of carbonyl (C=O) groups excluding carboxylic acids is 2. The second-order valence-electron chi connectivity index (χ2n) is 6.21. The van der Waals surface area contributed by atoms with Crippen molar-refractivity contribution in [2.75, 3.05) is 6.54 Å². The van der Waals surface area contributed by atoms with E-state index in [1.165, 1.54) is 0 Å². The van der Waals surface area contributed by atoms with Crippen LogP contribution >= 0.6 is 0 Å². The lowest BCUT2D eigenvalue weighted by atomic mass is 10.1. The lowest BCUT2D eigenvalue weighted by Gasteiger charge is -2.36. The second-order valence-corrected chi connectivity index (χ2v) is 6.21. The van der Waals surface area contributed by atoms with Crippen LogP contribution in [-0.4, -0.2) is 33.9 Å². The molecule has 2 aromatic heterocycles. The van der Waals surface area contributed by atoms with E-state index >= 15 is 0 Å². The standard InChI is InChI=1S/C17H21N3O3/c1-12(2)10-20-15(11-19-7-3-6-14(19)17(20)22)16(21)18-9-13-5-4-8-23-13/h3-8,12,15H,9-11H2,1-2H3,(H,18,21). The van der Waals surface area contributed by atoms with Gasteiger partial charge in [-0.25, -0.2) is 0 Å². The molecule has 23 heavy (non-hydrogen) atoms. The Morgan fingerprint density at radius 2 is 2.22 bits per heavy atom. The third-order valence-corrected chi connectivity index (χ3v) is 3.94. The van der Waals surface area contributed by atoms with E-state index in [1.807, 2.05) is 36.7 Å². The molecule has 1 aliphatic heterocycles. The first-order valence-electron chi connectivity index (χ1n) is 7.82. The van der Waals surface area contributed by atoms with Gasteiger partial charge in [0.1, 0.15) is 17.5 Å². The number of hydrogen-bond donors (Lipinski definition) is 1. The first kappa shape index (κ1) is 15.4. The predicted octanol–water partition coefficient (Wildman–Crippen LogP) is 1.88. The lowest BCUT2D eigenvalue weighted by Crippen LogP contribution is -2.55. The van der Waals surface area contributed by atoms with Gasteiger partial charge in [-0.15, -0.1) is 0 Å². The quantitative estimate of drug-likeness (QED) is 0.916. The predicted molar refractivity (Wildman–Crippen MR) is 84.6 cm³/mol. The topological polar surface area (TPSA) is 67.5 Å². The third-order valence-electron chi connectivity index (χ3n) is 3.94. The lowest BCUT2D eigenvalue weighted by molar-refractivity contribution is -0.127. The van der Waals surface area contributed by atoms with Crippen LogP contribution < -0.4 is 5.32 Å². The minimum absolute atomic E-state index is 0.0897. The van der Waals surface area contributed by atoms with Gasteiger partial charge in [-0.05, 0) is 30.2 Å². The molecular formula is C17H21N3O3. The van der Waals surface area contributed by atoms with Gasteiger partial charge >= 0.3 is 0 Å². The van der Waals surface area contributed by atoms with Crippen molar-refractivity contribution in [1.29, 1.82) is 0 Å². The van der Waals surface area contributed by atoms with Crippen LogP contribution in [0.15, 0.2) is 41.1 Å². The van der Waals surface area contributed by atoms with E-state index in [4.69, 9.17) is 4.42 Å². The highest BCUT2D eigenvalue weighted by Gasteiger charge is 2.36. The van der Waals surface area contributed by atoms with Crippen LogP contribution in [0.1, 0.15) is 30.1 Å². The Bertz CT molecular complexity index is 688. The normalized spacial score (nSPS) is 17.4. The number of furan rings is 1. The molecule has 3 heterocycles. The van der Waals surface area contributed by atoms with Gasteiger partial charge in [0, 0.05) is 12.7 Å². The van der Waals surface area contributed by atoms with Crippen molar-refractivity contribution in [2.45, 2.75) is 33.0 Å². The zero-order valence-electron chi connectivity index (χ0n) is 13.4. The highest BCUT2D eigenvalue weighted by molar-refractivity contribution is 5.97. The SMILES string of the molecule is CC(C)CN1C(=O)c2cccn2CC1C(=O)NCc1ccco1. The van der Waals surface area contributed by atoms with Crippen LogP contribution in [0, 0.1) is 5.92 Å². The van der Waals surface area contributed by atoms with Crippen molar-refractivity contribution in [3.8, 4) is 0 Å². The molecule has 0 aliphatic carbocycles. The minimum Gasteiger partial charge on any atom is -0.467 e. The number of nitrogens with one attached hydrogen (secondary N) is 1. The van der Waals surface area contributed by atoms with Crippen LogP contribution in [0.3, 0.4) is 0 Å². The summed E-state index contributed by atoms with van der Waals surface area (Å²) in [5.74, 6) is 0.737. The molecule has 2 aromatic rings. The number of aromatic nitrogens is 1. The van der Waals surface area contributed by atoms with Gasteiger partial charge in [-0.3, -0.25) is 9.59 Å². The van der Waals surface area contributed by atoms with E-state index < -0.39 is 6.04 Å². The van der Waals surface area contributed by atoms with Gasteiger partial charge in [0.15, 0.2) is 0 Å². The Morgan fingerprint density at radius 3 is 2.91 bits per heavy atom.